The first-order valence-electron chi connectivity index (χ1n) is 23.7. The quantitative estimate of drug-likeness (QED) is 0.141. The molecule has 0 bridgehead atoms. The molecule has 2 heteroatoms. The van der Waals surface area contributed by atoms with Crippen LogP contribution in [0.4, 0.5) is 0 Å². The van der Waals surface area contributed by atoms with Crippen molar-refractivity contribution < 1.29 is 0 Å². The van der Waals surface area contributed by atoms with Crippen molar-refractivity contribution in [3.8, 4) is 33.4 Å². The van der Waals surface area contributed by atoms with Crippen molar-refractivity contribution in [1.82, 2.24) is 9.13 Å². The highest BCUT2D eigenvalue weighted by atomic mass is 14.9. The van der Waals surface area contributed by atoms with Crippen molar-refractivity contribution in [2.24, 2.45) is 14.1 Å². The van der Waals surface area contributed by atoms with Gasteiger partial charge in [0.25, 0.3) is 0 Å². The van der Waals surface area contributed by atoms with Gasteiger partial charge in [-0.25, -0.2) is 0 Å². The smallest absolute Gasteiger partial charge is 0.0713 e. The summed E-state index contributed by atoms with van der Waals surface area (Å²) >= 11 is 0. The Hall–Kier alpha value is -8.46. The summed E-state index contributed by atoms with van der Waals surface area (Å²) in [7, 11) is 4.37. The summed E-state index contributed by atoms with van der Waals surface area (Å²) in [6, 6.07) is 79.2. The first kappa shape index (κ1) is 39.9. The van der Waals surface area contributed by atoms with Crippen LogP contribution < -0.4 is 0 Å². The third kappa shape index (κ3) is 5.52. The van der Waals surface area contributed by atoms with Crippen LogP contribution in [0, 0.1) is 6.92 Å². The topological polar surface area (TPSA) is 9.86 Å². The van der Waals surface area contributed by atoms with Gasteiger partial charge < -0.3 is 9.13 Å². The fraction of sp³-hybridized carbons (Fsp3) is 0.0606. The lowest BCUT2D eigenvalue weighted by molar-refractivity contribution is 0.769. The normalized spacial score (nSPS) is 13.2. The average Bonchev–Trinajstić information content (AvgIpc) is 3.98. The van der Waals surface area contributed by atoms with E-state index >= 15 is 0 Å². The molecule has 0 fully saturated rings. The van der Waals surface area contributed by atoms with Crippen LogP contribution in [0.1, 0.15) is 38.9 Å². The lowest BCUT2D eigenvalue weighted by Crippen LogP contribution is -2.28. The van der Waals surface area contributed by atoms with Crippen LogP contribution in [0.5, 0.6) is 0 Å². The molecule has 2 nitrogen and oxygen atoms in total. The zero-order valence-electron chi connectivity index (χ0n) is 38.5. The average molecular weight is 869 g/mol. The van der Waals surface area contributed by atoms with Crippen LogP contribution in [0.2, 0.25) is 0 Å². The van der Waals surface area contributed by atoms with Gasteiger partial charge in [-0.1, -0.05) is 195 Å². The molecule has 0 unspecified atom stereocenters. The fourth-order valence-corrected chi connectivity index (χ4v) is 12.3. The van der Waals surface area contributed by atoms with Crippen molar-refractivity contribution in [3.05, 3.63) is 270 Å². The Morgan fingerprint density at radius 1 is 0.426 bits per heavy atom. The van der Waals surface area contributed by atoms with E-state index in [1.54, 1.807) is 0 Å². The molecule has 2 heterocycles. The zero-order valence-corrected chi connectivity index (χ0v) is 38.5. The number of rotatable bonds is 7. The van der Waals surface area contributed by atoms with Gasteiger partial charge in [0.2, 0.25) is 0 Å². The van der Waals surface area contributed by atoms with Crippen molar-refractivity contribution in [2.45, 2.75) is 12.3 Å². The van der Waals surface area contributed by atoms with E-state index in [1.807, 2.05) is 6.08 Å². The van der Waals surface area contributed by atoms with Crippen LogP contribution in [0.25, 0.3) is 93.3 Å². The summed E-state index contributed by atoms with van der Waals surface area (Å²) in [5.41, 5.74) is 21.6. The number of fused-ring (bicyclic) bond motifs is 10. The van der Waals surface area contributed by atoms with E-state index in [1.165, 1.54) is 127 Å². The molecule has 0 aliphatic heterocycles. The van der Waals surface area contributed by atoms with Gasteiger partial charge in [0.1, 0.15) is 0 Å². The maximum atomic E-state index is 4.35. The Balaban J connectivity index is 1.16. The Labute approximate surface area is 397 Å². The number of hydrogen-bond acceptors (Lipinski definition) is 0. The third-order valence-electron chi connectivity index (χ3n) is 15.2. The molecule has 0 spiro atoms. The predicted octanol–water partition coefficient (Wildman–Crippen LogP) is 16.8. The van der Waals surface area contributed by atoms with E-state index < -0.39 is 5.41 Å². The number of allylic oxidation sites excluding steroid dienone is 2. The largest absolute Gasteiger partial charge is 0.344 e. The molecule has 0 amide bonds. The van der Waals surface area contributed by atoms with Crippen LogP contribution in [-0.2, 0) is 19.5 Å². The summed E-state index contributed by atoms with van der Waals surface area (Å²) < 4.78 is 4.67. The Morgan fingerprint density at radius 2 is 0.956 bits per heavy atom. The van der Waals surface area contributed by atoms with Crippen molar-refractivity contribution in [1.29, 1.82) is 0 Å². The minimum Gasteiger partial charge on any atom is -0.344 e. The molecule has 68 heavy (non-hydrogen) atoms. The summed E-state index contributed by atoms with van der Waals surface area (Å²) in [5, 5.41) is 7.46. The first-order chi connectivity index (χ1) is 33.5. The second kappa shape index (κ2) is 15.3. The van der Waals surface area contributed by atoms with Gasteiger partial charge in [0, 0.05) is 57.7 Å². The Kier molecular flexibility index (Phi) is 8.97. The molecule has 10 aromatic carbocycles. The van der Waals surface area contributed by atoms with Gasteiger partial charge in [-0.2, -0.15) is 0 Å². The second-order valence-electron chi connectivity index (χ2n) is 18.5. The Bertz CT molecular complexity index is 4030. The molecule has 0 radical (unpaired) electrons. The molecule has 1 aliphatic rings. The maximum Gasteiger partial charge on any atom is 0.0713 e. The van der Waals surface area contributed by atoms with Crippen LogP contribution in [0.3, 0.4) is 0 Å². The number of nitrogens with zero attached hydrogens (tertiary/aromatic N) is 2. The van der Waals surface area contributed by atoms with Gasteiger partial charge in [-0.15, -0.1) is 0 Å². The van der Waals surface area contributed by atoms with Gasteiger partial charge in [0.05, 0.1) is 5.41 Å². The van der Waals surface area contributed by atoms with Crippen molar-refractivity contribution in [3.63, 3.8) is 0 Å². The number of aromatic nitrogens is 2. The van der Waals surface area contributed by atoms with E-state index in [0.717, 1.165) is 5.57 Å². The minimum absolute atomic E-state index is 0.529. The standard InChI is InChI=1S/C66H48N2/c1-5-21-46(50-31-19-36-61-64(50)53-27-13-16-34-59(53)67(61)3)55-41-56-47(51-32-20-37-62-65(51)54-28-14-17-35-60(54)68(62)4)29-18-30-52(56)63(42(55)2)43-38-39-49-48-26-12-15-33-57(48)66(58(49)40-43,44-22-8-6-9-23-44)45-24-10-7-11-25-45/h5-41H,1H2,2-4H3/b46-21-. The second-order valence-corrected chi connectivity index (χ2v) is 18.5. The van der Waals surface area contributed by atoms with E-state index in [9.17, 15) is 0 Å². The number of hydrogen-bond donors (Lipinski definition) is 0. The number of para-hydroxylation sites is 2. The lowest BCUT2D eigenvalue weighted by Gasteiger charge is -2.34. The predicted molar refractivity (Wildman–Crippen MR) is 289 cm³/mol. The highest BCUT2D eigenvalue weighted by Gasteiger charge is 2.46. The van der Waals surface area contributed by atoms with E-state index in [2.05, 4.69) is 255 Å². The van der Waals surface area contributed by atoms with Gasteiger partial charge in [-0.3, -0.25) is 0 Å². The van der Waals surface area contributed by atoms with Crippen LogP contribution in [-0.4, -0.2) is 9.13 Å². The molecular formula is C66H48N2. The van der Waals surface area contributed by atoms with Gasteiger partial charge in [0.15, 0.2) is 0 Å². The highest BCUT2D eigenvalue weighted by molar-refractivity contribution is 6.20. The maximum absolute atomic E-state index is 4.35. The number of aryl methyl sites for hydroxylation is 2. The van der Waals surface area contributed by atoms with E-state index in [0.29, 0.717) is 0 Å². The molecule has 0 saturated carbocycles. The zero-order chi connectivity index (χ0) is 45.7. The SMILES string of the molecule is C=C/C=C(\c1cc2c(-c3cccc4c3c3ccccc3n4C)cccc2c(-c2ccc3c(c2)C(c2ccccc2)(c2ccccc2)c2ccccc2-3)c1C)c1cccc2c1c1ccccc1n2C. The van der Waals surface area contributed by atoms with Crippen LogP contribution in [0.15, 0.2) is 231 Å². The molecule has 0 saturated heterocycles. The van der Waals surface area contributed by atoms with Gasteiger partial charge >= 0.3 is 0 Å². The molecule has 13 rings (SSSR count). The molecule has 12 aromatic rings. The number of benzene rings is 10. The summed E-state index contributed by atoms with van der Waals surface area (Å²) in [4.78, 5) is 0. The first-order valence-corrected chi connectivity index (χ1v) is 23.7. The molecule has 0 atom stereocenters. The van der Waals surface area contributed by atoms with E-state index in [4.69, 9.17) is 0 Å². The van der Waals surface area contributed by atoms with Crippen LogP contribution >= 0.6 is 0 Å². The molecular weight excluding hydrogens is 821 g/mol. The molecule has 322 valence electrons. The monoisotopic (exact) mass is 868 g/mol. The van der Waals surface area contributed by atoms with Gasteiger partial charge in [-0.05, 0) is 132 Å². The fourth-order valence-electron chi connectivity index (χ4n) is 12.3. The third-order valence-corrected chi connectivity index (χ3v) is 15.2. The Morgan fingerprint density at radius 3 is 1.66 bits per heavy atom. The minimum atomic E-state index is -0.529. The molecule has 2 aromatic heterocycles. The van der Waals surface area contributed by atoms with E-state index in [-0.39, 0.29) is 0 Å². The van der Waals surface area contributed by atoms with Crippen molar-refractivity contribution >= 4 is 60.0 Å². The molecule has 0 N–H and O–H groups in total. The molecule has 1 aliphatic carbocycles. The highest BCUT2D eigenvalue weighted by Crippen LogP contribution is 2.57. The lowest BCUT2D eigenvalue weighted by atomic mass is 9.67. The van der Waals surface area contributed by atoms with Crippen molar-refractivity contribution in [2.75, 3.05) is 0 Å². The summed E-state index contributed by atoms with van der Waals surface area (Å²) in [6.45, 7) is 6.69. The summed E-state index contributed by atoms with van der Waals surface area (Å²) in [6.07, 6.45) is 4.20. The summed E-state index contributed by atoms with van der Waals surface area (Å²) in [5.74, 6) is 0.